The molecule has 2 rings (SSSR count). The Kier molecular flexibility index (Phi) is 9.18. The van der Waals surface area contributed by atoms with Gasteiger partial charge < -0.3 is 24.8 Å². The summed E-state index contributed by atoms with van der Waals surface area (Å²) in [5.74, 6) is 2.52. The van der Waals surface area contributed by atoms with Crippen LogP contribution < -0.4 is 24.8 Å². The van der Waals surface area contributed by atoms with E-state index in [1.54, 1.807) is 14.2 Å². The SMILES string of the molecule is CCCCCCOc1cccc(NCCNc2cc(OC)ccc2OC)c1. The van der Waals surface area contributed by atoms with E-state index in [-0.39, 0.29) is 0 Å². The first-order chi connectivity index (χ1) is 13.3. The minimum Gasteiger partial charge on any atom is -0.497 e. The van der Waals surface area contributed by atoms with Crippen LogP contribution in [0.4, 0.5) is 11.4 Å². The third kappa shape index (κ3) is 7.29. The fourth-order valence-corrected chi connectivity index (χ4v) is 2.77. The van der Waals surface area contributed by atoms with Crippen LogP contribution in [-0.4, -0.2) is 33.9 Å². The van der Waals surface area contributed by atoms with Crippen LogP contribution in [0.5, 0.6) is 17.2 Å². The number of anilines is 2. The molecule has 2 aromatic rings. The Morgan fingerprint density at radius 2 is 1.67 bits per heavy atom. The molecule has 0 aliphatic carbocycles. The summed E-state index contributed by atoms with van der Waals surface area (Å²) in [4.78, 5) is 0. The van der Waals surface area contributed by atoms with Crippen LogP contribution in [0.1, 0.15) is 32.6 Å². The van der Waals surface area contributed by atoms with Gasteiger partial charge in [-0.2, -0.15) is 0 Å². The Morgan fingerprint density at radius 1 is 0.815 bits per heavy atom. The standard InChI is InChI=1S/C22H32N2O3/c1-4-5-6-7-15-27-20-10-8-9-18(16-20)23-13-14-24-21-17-19(25-2)11-12-22(21)26-3/h8-12,16-17,23-24H,4-7,13-15H2,1-3H3. The van der Waals surface area contributed by atoms with Gasteiger partial charge in [-0.05, 0) is 30.7 Å². The number of hydrogen-bond donors (Lipinski definition) is 2. The highest BCUT2D eigenvalue weighted by Gasteiger charge is 2.04. The molecule has 0 bridgehead atoms. The molecule has 0 spiro atoms. The number of rotatable bonds is 13. The fraction of sp³-hybridized carbons (Fsp3) is 0.455. The maximum Gasteiger partial charge on any atom is 0.142 e. The summed E-state index contributed by atoms with van der Waals surface area (Å²) in [5.41, 5.74) is 1.98. The molecule has 27 heavy (non-hydrogen) atoms. The molecule has 0 radical (unpaired) electrons. The van der Waals surface area contributed by atoms with E-state index in [4.69, 9.17) is 14.2 Å². The van der Waals surface area contributed by atoms with Gasteiger partial charge in [-0.1, -0.05) is 32.3 Å². The highest BCUT2D eigenvalue weighted by Crippen LogP contribution is 2.28. The van der Waals surface area contributed by atoms with Crippen molar-refractivity contribution >= 4 is 11.4 Å². The van der Waals surface area contributed by atoms with E-state index >= 15 is 0 Å². The van der Waals surface area contributed by atoms with Crippen LogP contribution in [0.3, 0.4) is 0 Å². The minimum absolute atomic E-state index is 0.756. The van der Waals surface area contributed by atoms with Crippen molar-refractivity contribution in [2.45, 2.75) is 32.6 Å². The minimum atomic E-state index is 0.756. The molecule has 0 heterocycles. The Morgan fingerprint density at radius 3 is 2.44 bits per heavy atom. The quantitative estimate of drug-likeness (QED) is 0.474. The number of nitrogens with one attached hydrogen (secondary N) is 2. The van der Waals surface area contributed by atoms with Gasteiger partial charge in [-0.15, -0.1) is 0 Å². The van der Waals surface area contributed by atoms with Gasteiger partial charge in [-0.3, -0.25) is 0 Å². The van der Waals surface area contributed by atoms with Crippen molar-refractivity contribution < 1.29 is 14.2 Å². The van der Waals surface area contributed by atoms with Crippen LogP contribution in [0.2, 0.25) is 0 Å². The summed E-state index contributed by atoms with van der Waals surface area (Å²) in [6.07, 6.45) is 4.86. The van der Waals surface area contributed by atoms with Gasteiger partial charge in [0.1, 0.15) is 17.2 Å². The van der Waals surface area contributed by atoms with E-state index in [1.165, 1.54) is 19.3 Å². The zero-order valence-electron chi connectivity index (χ0n) is 16.7. The fourth-order valence-electron chi connectivity index (χ4n) is 2.77. The lowest BCUT2D eigenvalue weighted by Gasteiger charge is -2.14. The van der Waals surface area contributed by atoms with E-state index < -0.39 is 0 Å². The van der Waals surface area contributed by atoms with Crippen LogP contribution in [-0.2, 0) is 0 Å². The number of hydrogen-bond acceptors (Lipinski definition) is 5. The van der Waals surface area contributed by atoms with Crippen molar-refractivity contribution in [1.82, 2.24) is 0 Å². The van der Waals surface area contributed by atoms with Crippen molar-refractivity contribution in [2.24, 2.45) is 0 Å². The van der Waals surface area contributed by atoms with Crippen LogP contribution in [0, 0.1) is 0 Å². The van der Waals surface area contributed by atoms with E-state index in [2.05, 4.69) is 23.6 Å². The maximum atomic E-state index is 5.84. The molecule has 0 unspecified atom stereocenters. The van der Waals surface area contributed by atoms with E-state index in [0.717, 1.165) is 54.7 Å². The van der Waals surface area contributed by atoms with Crippen molar-refractivity contribution in [3.8, 4) is 17.2 Å². The zero-order valence-corrected chi connectivity index (χ0v) is 16.7. The molecule has 0 fully saturated rings. The van der Waals surface area contributed by atoms with E-state index in [1.807, 2.05) is 36.4 Å². The first-order valence-electron chi connectivity index (χ1n) is 9.69. The summed E-state index contributed by atoms with van der Waals surface area (Å²) in [6, 6.07) is 13.8. The Labute approximate surface area is 163 Å². The number of methoxy groups -OCH3 is 2. The molecule has 0 amide bonds. The van der Waals surface area contributed by atoms with E-state index in [9.17, 15) is 0 Å². The first-order valence-corrected chi connectivity index (χ1v) is 9.69. The summed E-state index contributed by atoms with van der Waals surface area (Å²) in [7, 11) is 3.32. The first kappa shape index (κ1) is 20.7. The molecule has 0 aliphatic heterocycles. The molecule has 0 aliphatic rings. The Bertz CT molecular complexity index is 676. The van der Waals surface area contributed by atoms with Crippen molar-refractivity contribution in [1.29, 1.82) is 0 Å². The second-order valence-corrected chi connectivity index (χ2v) is 6.36. The summed E-state index contributed by atoms with van der Waals surface area (Å²) < 4.78 is 16.5. The summed E-state index contributed by atoms with van der Waals surface area (Å²) >= 11 is 0. The van der Waals surface area contributed by atoms with Gasteiger partial charge in [0.15, 0.2) is 0 Å². The van der Waals surface area contributed by atoms with Gasteiger partial charge >= 0.3 is 0 Å². The largest absolute Gasteiger partial charge is 0.497 e. The third-order valence-electron chi connectivity index (χ3n) is 4.28. The van der Waals surface area contributed by atoms with Crippen LogP contribution in [0.25, 0.3) is 0 Å². The van der Waals surface area contributed by atoms with Gasteiger partial charge in [0.2, 0.25) is 0 Å². The smallest absolute Gasteiger partial charge is 0.142 e. The predicted octanol–water partition coefficient (Wildman–Crippen LogP) is 5.19. The third-order valence-corrected chi connectivity index (χ3v) is 4.28. The molecule has 0 saturated heterocycles. The van der Waals surface area contributed by atoms with Crippen molar-refractivity contribution in [2.75, 3.05) is 44.5 Å². The number of benzene rings is 2. The Hall–Kier alpha value is -2.56. The van der Waals surface area contributed by atoms with Crippen LogP contribution in [0.15, 0.2) is 42.5 Å². The second-order valence-electron chi connectivity index (χ2n) is 6.36. The number of unbranched alkanes of at least 4 members (excludes halogenated alkanes) is 3. The normalized spacial score (nSPS) is 10.3. The molecule has 0 saturated carbocycles. The van der Waals surface area contributed by atoms with Gasteiger partial charge in [0.05, 0.1) is 26.5 Å². The lowest BCUT2D eigenvalue weighted by atomic mass is 10.2. The maximum absolute atomic E-state index is 5.84. The van der Waals surface area contributed by atoms with Gasteiger partial charge in [0, 0.05) is 30.9 Å². The van der Waals surface area contributed by atoms with Crippen LogP contribution >= 0.6 is 0 Å². The highest BCUT2D eigenvalue weighted by atomic mass is 16.5. The second kappa shape index (κ2) is 11.9. The average Bonchev–Trinajstić information content (AvgIpc) is 2.71. The molecule has 148 valence electrons. The molecule has 2 aromatic carbocycles. The molecular weight excluding hydrogens is 340 g/mol. The zero-order chi connectivity index (χ0) is 19.3. The van der Waals surface area contributed by atoms with Gasteiger partial charge in [0.25, 0.3) is 0 Å². The highest BCUT2D eigenvalue weighted by molar-refractivity contribution is 5.60. The molecule has 2 N–H and O–H groups in total. The molecule has 5 heteroatoms. The summed E-state index contributed by atoms with van der Waals surface area (Å²) in [5, 5.41) is 6.80. The van der Waals surface area contributed by atoms with Gasteiger partial charge in [-0.25, -0.2) is 0 Å². The molecular formula is C22H32N2O3. The Balaban J connectivity index is 1.76. The van der Waals surface area contributed by atoms with Crippen molar-refractivity contribution in [3.63, 3.8) is 0 Å². The van der Waals surface area contributed by atoms with E-state index in [0.29, 0.717) is 0 Å². The lowest BCUT2D eigenvalue weighted by Crippen LogP contribution is -2.14. The lowest BCUT2D eigenvalue weighted by molar-refractivity contribution is 0.305. The average molecular weight is 373 g/mol. The van der Waals surface area contributed by atoms with Crippen molar-refractivity contribution in [3.05, 3.63) is 42.5 Å². The monoisotopic (exact) mass is 372 g/mol. The number of ether oxygens (including phenoxy) is 3. The predicted molar refractivity (Wildman–Crippen MR) is 113 cm³/mol. The topological polar surface area (TPSA) is 51.8 Å². The molecule has 0 atom stereocenters. The summed E-state index contributed by atoms with van der Waals surface area (Å²) in [6.45, 7) is 4.53. The molecule has 5 nitrogen and oxygen atoms in total. The molecule has 0 aromatic heterocycles.